The maximum atomic E-state index is 3.75. The third kappa shape index (κ3) is 4.75. The van der Waals surface area contributed by atoms with Gasteiger partial charge in [0.05, 0.1) is 0 Å². The van der Waals surface area contributed by atoms with E-state index in [2.05, 4.69) is 83.0 Å². The summed E-state index contributed by atoms with van der Waals surface area (Å²) >= 11 is 7.47. The zero-order valence-electron chi connectivity index (χ0n) is 19.1. The summed E-state index contributed by atoms with van der Waals surface area (Å²) in [6.45, 7) is 7.00. The number of fused-ring (bicyclic) bond motifs is 3. The van der Waals surface area contributed by atoms with Crippen molar-refractivity contribution in [1.29, 1.82) is 0 Å². The van der Waals surface area contributed by atoms with Gasteiger partial charge in [0, 0.05) is 16.1 Å². The van der Waals surface area contributed by atoms with Crippen LogP contribution in [0.1, 0.15) is 106 Å². The standard InChI is InChI=1S/C28H38Br2/c1-4-6-8-10-16-28(17-11-9-7-5-2)26-18-22(19-29)12-14-24(26)25-15-13-23(20-30)21(3)27(25)28/h12-15,18H,4-11,16-17,19-20H2,1-3H3. The molecule has 0 bridgehead atoms. The molecule has 1 aliphatic carbocycles. The van der Waals surface area contributed by atoms with Crippen LogP contribution in [0.15, 0.2) is 30.3 Å². The Hall–Kier alpha value is -0.600. The molecule has 30 heavy (non-hydrogen) atoms. The maximum absolute atomic E-state index is 3.75. The lowest BCUT2D eigenvalue weighted by atomic mass is 9.69. The Kier molecular flexibility index (Phi) is 9.07. The fourth-order valence-corrected chi connectivity index (χ4v) is 6.49. The van der Waals surface area contributed by atoms with Gasteiger partial charge in [0.1, 0.15) is 0 Å². The van der Waals surface area contributed by atoms with Gasteiger partial charge in [-0.25, -0.2) is 0 Å². The van der Waals surface area contributed by atoms with E-state index in [4.69, 9.17) is 0 Å². The summed E-state index contributed by atoms with van der Waals surface area (Å²) in [4.78, 5) is 0. The van der Waals surface area contributed by atoms with Gasteiger partial charge in [0.2, 0.25) is 0 Å². The molecule has 0 unspecified atom stereocenters. The van der Waals surface area contributed by atoms with Crippen LogP contribution >= 0.6 is 31.9 Å². The Morgan fingerprint density at radius 2 is 1.37 bits per heavy atom. The third-order valence-corrected chi connectivity index (χ3v) is 8.41. The zero-order chi connectivity index (χ0) is 21.6. The highest BCUT2D eigenvalue weighted by Gasteiger charge is 2.43. The van der Waals surface area contributed by atoms with Gasteiger partial charge in [0.15, 0.2) is 0 Å². The second-order valence-electron chi connectivity index (χ2n) is 9.12. The van der Waals surface area contributed by atoms with E-state index >= 15 is 0 Å². The summed E-state index contributed by atoms with van der Waals surface area (Å²) < 4.78 is 0. The van der Waals surface area contributed by atoms with Crippen LogP contribution in [-0.4, -0.2) is 0 Å². The highest BCUT2D eigenvalue weighted by atomic mass is 79.9. The highest BCUT2D eigenvalue weighted by Crippen LogP contribution is 2.56. The first-order chi connectivity index (χ1) is 14.6. The van der Waals surface area contributed by atoms with Gasteiger partial charge >= 0.3 is 0 Å². The molecule has 164 valence electrons. The minimum absolute atomic E-state index is 0.187. The molecule has 3 rings (SSSR count). The number of unbranched alkanes of at least 4 members (excludes halogenated alkanes) is 6. The van der Waals surface area contributed by atoms with Gasteiger partial charge in [-0.15, -0.1) is 0 Å². The summed E-state index contributed by atoms with van der Waals surface area (Å²) in [6, 6.07) is 12.0. The normalized spacial score (nSPS) is 14.0. The molecule has 0 heterocycles. The summed E-state index contributed by atoms with van der Waals surface area (Å²) in [5, 5.41) is 1.88. The zero-order valence-corrected chi connectivity index (χ0v) is 22.3. The van der Waals surface area contributed by atoms with E-state index in [-0.39, 0.29) is 5.41 Å². The van der Waals surface area contributed by atoms with E-state index in [0.29, 0.717) is 0 Å². The van der Waals surface area contributed by atoms with Gasteiger partial charge in [0.25, 0.3) is 0 Å². The summed E-state index contributed by atoms with van der Waals surface area (Å²) in [7, 11) is 0. The first-order valence-corrected chi connectivity index (χ1v) is 14.3. The van der Waals surface area contributed by atoms with Gasteiger partial charge < -0.3 is 0 Å². The average Bonchev–Trinajstić information content (AvgIpc) is 3.04. The van der Waals surface area contributed by atoms with Crippen molar-refractivity contribution in [2.45, 2.75) is 101 Å². The first-order valence-electron chi connectivity index (χ1n) is 12.0. The number of hydrogen-bond donors (Lipinski definition) is 0. The van der Waals surface area contributed by atoms with Crippen LogP contribution in [0.5, 0.6) is 0 Å². The van der Waals surface area contributed by atoms with Gasteiger partial charge in [-0.3, -0.25) is 0 Å². The molecular formula is C28H38Br2. The number of alkyl halides is 2. The molecule has 2 aromatic carbocycles. The maximum Gasteiger partial charge on any atom is 0.0285 e. The van der Waals surface area contributed by atoms with Crippen molar-refractivity contribution in [2.24, 2.45) is 0 Å². The lowest BCUT2D eigenvalue weighted by molar-refractivity contribution is 0.399. The van der Waals surface area contributed by atoms with Gasteiger partial charge in [-0.1, -0.05) is 127 Å². The quantitative estimate of drug-likeness (QED) is 0.188. The van der Waals surface area contributed by atoms with Crippen molar-refractivity contribution >= 4 is 31.9 Å². The molecule has 1 aliphatic rings. The molecule has 0 aromatic heterocycles. The molecule has 0 radical (unpaired) electrons. The number of benzene rings is 2. The fourth-order valence-electron chi connectivity index (χ4n) is 5.53. The van der Waals surface area contributed by atoms with Crippen molar-refractivity contribution in [1.82, 2.24) is 0 Å². The SMILES string of the molecule is CCCCCCC1(CCCCCC)c2cc(CBr)ccc2-c2ccc(CBr)c(C)c21. The monoisotopic (exact) mass is 532 g/mol. The van der Waals surface area contributed by atoms with Crippen LogP contribution < -0.4 is 0 Å². The Labute approximate surface area is 201 Å². The summed E-state index contributed by atoms with van der Waals surface area (Å²) in [5.74, 6) is 0. The van der Waals surface area contributed by atoms with Crippen molar-refractivity contribution < 1.29 is 0 Å². The molecule has 0 nitrogen and oxygen atoms in total. The van der Waals surface area contributed by atoms with Crippen LogP contribution in [0.2, 0.25) is 0 Å². The number of hydrogen-bond acceptors (Lipinski definition) is 0. The predicted octanol–water partition coefficient (Wildman–Crippen LogP) is 9.99. The van der Waals surface area contributed by atoms with E-state index in [1.807, 2.05) is 0 Å². The minimum Gasteiger partial charge on any atom is -0.0876 e. The van der Waals surface area contributed by atoms with Crippen LogP contribution in [0.25, 0.3) is 11.1 Å². The number of halogens is 2. The van der Waals surface area contributed by atoms with Gasteiger partial charge in [-0.05, 0) is 58.7 Å². The molecule has 0 aliphatic heterocycles. The largest absolute Gasteiger partial charge is 0.0876 e. The minimum atomic E-state index is 0.187. The second-order valence-corrected chi connectivity index (χ2v) is 10.2. The van der Waals surface area contributed by atoms with E-state index in [9.17, 15) is 0 Å². The Morgan fingerprint density at radius 1 is 0.733 bits per heavy atom. The first kappa shape index (κ1) is 24.1. The molecule has 0 amide bonds. The molecule has 0 spiro atoms. The molecule has 0 saturated carbocycles. The van der Waals surface area contributed by atoms with Gasteiger partial charge in [-0.2, -0.15) is 0 Å². The van der Waals surface area contributed by atoms with Crippen LogP contribution in [0, 0.1) is 6.92 Å². The molecule has 0 saturated heterocycles. The van der Waals surface area contributed by atoms with Crippen molar-refractivity contribution in [3.63, 3.8) is 0 Å². The summed E-state index contributed by atoms with van der Waals surface area (Å²) in [5.41, 5.74) is 10.8. The van der Waals surface area contributed by atoms with E-state index < -0.39 is 0 Å². The Morgan fingerprint density at radius 3 is 1.93 bits per heavy atom. The molecule has 0 N–H and O–H groups in total. The van der Waals surface area contributed by atoms with Crippen molar-refractivity contribution in [3.05, 3.63) is 58.1 Å². The predicted molar refractivity (Wildman–Crippen MR) is 140 cm³/mol. The van der Waals surface area contributed by atoms with Crippen LogP contribution in [0.3, 0.4) is 0 Å². The molecule has 0 atom stereocenters. The second kappa shape index (κ2) is 11.3. The molecule has 2 aromatic rings. The van der Waals surface area contributed by atoms with Crippen LogP contribution in [0.4, 0.5) is 0 Å². The van der Waals surface area contributed by atoms with E-state index in [1.165, 1.54) is 92.0 Å². The smallest absolute Gasteiger partial charge is 0.0285 e. The van der Waals surface area contributed by atoms with Crippen molar-refractivity contribution in [3.8, 4) is 11.1 Å². The molecule has 0 fully saturated rings. The number of rotatable bonds is 12. The topological polar surface area (TPSA) is 0 Å². The Bertz CT molecular complexity index is 825. The Balaban J connectivity index is 2.13. The fraction of sp³-hybridized carbons (Fsp3) is 0.571. The van der Waals surface area contributed by atoms with E-state index in [0.717, 1.165) is 10.7 Å². The summed E-state index contributed by atoms with van der Waals surface area (Å²) in [6.07, 6.45) is 13.3. The average molecular weight is 534 g/mol. The third-order valence-electron chi connectivity index (χ3n) is 7.16. The lowest BCUT2D eigenvalue weighted by Crippen LogP contribution is -2.27. The molecular weight excluding hydrogens is 496 g/mol. The molecule has 2 heteroatoms. The van der Waals surface area contributed by atoms with E-state index in [1.54, 1.807) is 11.1 Å². The lowest BCUT2D eigenvalue weighted by Gasteiger charge is -2.34. The van der Waals surface area contributed by atoms with Crippen LogP contribution in [-0.2, 0) is 16.1 Å². The van der Waals surface area contributed by atoms with Crippen molar-refractivity contribution in [2.75, 3.05) is 0 Å². The highest BCUT2D eigenvalue weighted by molar-refractivity contribution is 9.08.